The average Bonchev–Trinajstić information content (AvgIpc) is 3.04. The van der Waals surface area contributed by atoms with E-state index in [9.17, 15) is 9.59 Å². The minimum Gasteiger partial charge on any atom is -0.462 e. The van der Waals surface area contributed by atoms with E-state index in [0.717, 1.165) is 34.9 Å². The molecule has 4 nitrogen and oxygen atoms in total. The normalized spacial score (nSPS) is 16.4. The van der Waals surface area contributed by atoms with Crippen molar-refractivity contribution in [2.45, 2.75) is 47.0 Å². The van der Waals surface area contributed by atoms with Crippen LogP contribution in [0.4, 0.5) is 5.00 Å². The van der Waals surface area contributed by atoms with Gasteiger partial charge >= 0.3 is 5.97 Å². The average molecular weight is 490 g/mol. The van der Waals surface area contributed by atoms with Crippen molar-refractivity contribution >= 4 is 50.2 Å². The van der Waals surface area contributed by atoms with E-state index in [4.69, 9.17) is 4.74 Å². The van der Waals surface area contributed by atoms with Crippen LogP contribution in [0.3, 0.4) is 0 Å². The predicted octanol–water partition coefficient (Wildman–Crippen LogP) is 6.49. The third-order valence-electron chi connectivity index (χ3n) is 5.50. The van der Waals surface area contributed by atoms with Crippen LogP contribution in [0.2, 0.25) is 0 Å². The second-order valence-electron chi connectivity index (χ2n) is 8.61. The molecule has 1 aromatic heterocycles. The van der Waals surface area contributed by atoms with Gasteiger partial charge in [-0.3, -0.25) is 4.79 Å². The van der Waals surface area contributed by atoms with E-state index in [1.54, 1.807) is 13.0 Å². The lowest BCUT2D eigenvalue weighted by atomic mass is 9.72. The van der Waals surface area contributed by atoms with Gasteiger partial charge in [0.15, 0.2) is 0 Å². The van der Waals surface area contributed by atoms with Gasteiger partial charge in [-0.1, -0.05) is 48.8 Å². The molecule has 0 saturated carbocycles. The fraction of sp³-hybridized carbons (Fsp3) is 0.417. The van der Waals surface area contributed by atoms with Gasteiger partial charge in [-0.2, -0.15) is 0 Å². The Bertz CT molecular complexity index is 954. The maximum absolute atomic E-state index is 12.7. The van der Waals surface area contributed by atoms with E-state index in [1.165, 1.54) is 22.3 Å². The van der Waals surface area contributed by atoms with Crippen LogP contribution >= 0.6 is 27.3 Å². The van der Waals surface area contributed by atoms with Crippen LogP contribution in [0, 0.1) is 11.3 Å². The molecule has 30 heavy (non-hydrogen) atoms. The van der Waals surface area contributed by atoms with Gasteiger partial charge in [0.2, 0.25) is 5.91 Å². The summed E-state index contributed by atoms with van der Waals surface area (Å²) >= 11 is 4.92. The zero-order valence-electron chi connectivity index (χ0n) is 17.9. The molecule has 0 radical (unpaired) electrons. The number of ether oxygens (including phenoxy) is 1. The van der Waals surface area contributed by atoms with Crippen molar-refractivity contribution in [2.24, 2.45) is 11.3 Å². The van der Waals surface area contributed by atoms with E-state index in [2.05, 4.69) is 42.0 Å². The number of carbonyl (C=O) groups is 2. The molecule has 1 unspecified atom stereocenters. The Balaban J connectivity index is 1.84. The number of rotatable bonds is 5. The second-order valence-corrected chi connectivity index (χ2v) is 10.6. The number of hydrogen-bond acceptors (Lipinski definition) is 4. The second kappa shape index (κ2) is 9.48. The largest absolute Gasteiger partial charge is 0.462 e. The monoisotopic (exact) mass is 489 g/mol. The summed E-state index contributed by atoms with van der Waals surface area (Å²) in [7, 11) is 0. The summed E-state index contributed by atoms with van der Waals surface area (Å²) in [5.41, 5.74) is 2.72. The molecule has 2 aromatic rings. The zero-order chi connectivity index (χ0) is 21.9. The van der Waals surface area contributed by atoms with E-state index in [0.29, 0.717) is 23.1 Å². The quantitative estimate of drug-likeness (QED) is 0.385. The molecular formula is C24H28BrNO3S. The SMILES string of the molecule is CCOC(=O)c1c(NC(=O)C=Cc2ccc(Br)cc2)sc2c1CCC(C(C)(C)C)C2. The fourth-order valence-electron chi connectivity index (χ4n) is 3.73. The molecule has 0 aliphatic heterocycles. The molecule has 1 amide bonds. The van der Waals surface area contributed by atoms with Gasteiger partial charge in [0, 0.05) is 15.4 Å². The fourth-order valence-corrected chi connectivity index (χ4v) is 5.31. The summed E-state index contributed by atoms with van der Waals surface area (Å²) in [6.45, 7) is 8.89. The maximum Gasteiger partial charge on any atom is 0.341 e. The molecule has 1 atom stereocenters. The first-order valence-corrected chi connectivity index (χ1v) is 11.9. The van der Waals surface area contributed by atoms with Gasteiger partial charge < -0.3 is 10.1 Å². The van der Waals surface area contributed by atoms with Gasteiger partial charge in [-0.05, 0) is 66.9 Å². The van der Waals surface area contributed by atoms with Gasteiger partial charge in [0.05, 0.1) is 12.2 Å². The highest BCUT2D eigenvalue weighted by molar-refractivity contribution is 9.10. The molecule has 0 bridgehead atoms. The van der Waals surface area contributed by atoms with E-state index < -0.39 is 0 Å². The Hall–Kier alpha value is -1.92. The van der Waals surface area contributed by atoms with Crippen LogP contribution in [0.5, 0.6) is 0 Å². The van der Waals surface area contributed by atoms with Gasteiger partial charge in [-0.15, -0.1) is 11.3 Å². The molecule has 1 aliphatic rings. The number of anilines is 1. The Morgan fingerprint density at radius 3 is 2.60 bits per heavy atom. The molecule has 0 saturated heterocycles. The number of thiophene rings is 1. The molecule has 6 heteroatoms. The van der Waals surface area contributed by atoms with Crippen molar-refractivity contribution < 1.29 is 14.3 Å². The van der Waals surface area contributed by atoms with Crippen molar-refractivity contribution in [3.05, 3.63) is 56.4 Å². The minimum atomic E-state index is -0.351. The van der Waals surface area contributed by atoms with Crippen LogP contribution in [-0.2, 0) is 22.4 Å². The first-order valence-electron chi connectivity index (χ1n) is 10.2. The lowest BCUT2D eigenvalue weighted by Gasteiger charge is -2.33. The van der Waals surface area contributed by atoms with Gasteiger partial charge in [-0.25, -0.2) is 4.79 Å². The Labute approximate surface area is 190 Å². The first kappa shape index (κ1) is 22.8. The lowest BCUT2D eigenvalue weighted by molar-refractivity contribution is -0.111. The van der Waals surface area contributed by atoms with Crippen molar-refractivity contribution in [1.29, 1.82) is 0 Å². The molecule has 1 aliphatic carbocycles. The zero-order valence-corrected chi connectivity index (χ0v) is 20.3. The van der Waals surface area contributed by atoms with E-state index >= 15 is 0 Å². The number of amides is 1. The molecule has 0 spiro atoms. The Morgan fingerprint density at radius 1 is 1.27 bits per heavy atom. The summed E-state index contributed by atoms with van der Waals surface area (Å²) in [6, 6.07) is 7.70. The Kier molecular flexibility index (Phi) is 7.19. The third-order valence-corrected chi connectivity index (χ3v) is 7.20. The molecule has 1 heterocycles. The molecule has 160 valence electrons. The number of benzene rings is 1. The molecule has 1 N–H and O–H groups in total. The summed E-state index contributed by atoms with van der Waals surface area (Å²) < 4.78 is 6.29. The lowest BCUT2D eigenvalue weighted by Crippen LogP contribution is -2.26. The number of halogens is 1. The van der Waals surface area contributed by atoms with Crippen LogP contribution in [0.15, 0.2) is 34.8 Å². The topological polar surface area (TPSA) is 55.4 Å². The summed E-state index contributed by atoms with van der Waals surface area (Å²) in [5, 5.41) is 3.52. The molecule has 3 rings (SSSR count). The van der Waals surface area contributed by atoms with E-state index in [-0.39, 0.29) is 17.3 Å². The van der Waals surface area contributed by atoms with Crippen LogP contribution < -0.4 is 5.32 Å². The number of hydrogen-bond donors (Lipinski definition) is 1. The van der Waals surface area contributed by atoms with E-state index in [1.807, 2.05) is 24.3 Å². The van der Waals surface area contributed by atoms with Gasteiger partial charge in [0.1, 0.15) is 5.00 Å². The molecule has 0 fully saturated rings. The highest BCUT2D eigenvalue weighted by Crippen LogP contribution is 2.44. The van der Waals surface area contributed by atoms with Crippen molar-refractivity contribution in [3.63, 3.8) is 0 Å². The third kappa shape index (κ3) is 5.41. The number of carbonyl (C=O) groups excluding carboxylic acids is 2. The highest BCUT2D eigenvalue weighted by atomic mass is 79.9. The number of nitrogens with one attached hydrogen (secondary N) is 1. The standard InChI is InChI=1S/C24H28BrNO3S/c1-5-29-23(28)21-18-12-9-16(24(2,3)4)14-19(18)30-22(21)26-20(27)13-8-15-6-10-17(25)11-7-15/h6-8,10-11,13,16H,5,9,12,14H2,1-4H3,(H,26,27). The molecular weight excluding hydrogens is 462 g/mol. The molecule has 1 aromatic carbocycles. The summed E-state index contributed by atoms with van der Waals surface area (Å²) in [4.78, 5) is 26.4. The van der Waals surface area contributed by atoms with Crippen LogP contribution in [0.1, 0.15) is 60.5 Å². The van der Waals surface area contributed by atoms with Crippen molar-refractivity contribution in [1.82, 2.24) is 0 Å². The maximum atomic E-state index is 12.7. The number of esters is 1. The predicted molar refractivity (Wildman–Crippen MR) is 127 cm³/mol. The Morgan fingerprint density at radius 2 is 1.97 bits per heavy atom. The number of fused-ring (bicyclic) bond motifs is 1. The van der Waals surface area contributed by atoms with Crippen molar-refractivity contribution in [3.8, 4) is 0 Å². The summed E-state index contributed by atoms with van der Waals surface area (Å²) in [5.74, 6) is -0.0506. The highest BCUT2D eigenvalue weighted by Gasteiger charge is 2.34. The van der Waals surface area contributed by atoms with Crippen LogP contribution in [-0.4, -0.2) is 18.5 Å². The van der Waals surface area contributed by atoms with Crippen molar-refractivity contribution in [2.75, 3.05) is 11.9 Å². The van der Waals surface area contributed by atoms with Gasteiger partial charge in [0.25, 0.3) is 0 Å². The summed E-state index contributed by atoms with van der Waals surface area (Å²) in [6.07, 6.45) is 6.06. The first-order chi connectivity index (χ1) is 14.2. The minimum absolute atomic E-state index is 0.211. The smallest absolute Gasteiger partial charge is 0.341 e. The van der Waals surface area contributed by atoms with Crippen LogP contribution in [0.25, 0.3) is 6.08 Å².